The fourth-order valence-corrected chi connectivity index (χ4v) is 6.56. The van der Waals surface area contributed by atoms with E-state index in [2.05, 4.69) is 71.9 Å². The van der Waals surface area contributed by atoms with E-state index >= 15 is 0 Å². The molecule has 2 unspecified atom stereocenters. The Morgan fingerprint density at radius 1 is 0.917 bits per heavy atom. The zero-order valence-electron chi connectivity index (χ0n) is 23.3. The van der Waals surface area contributed by atoms with Gasteiger partial charge in [-0.3, -0.25) is 4.99 Å². The molecule has 0 amide bonds. The lowest BCUT2D eigenvalue weighted by atomic mass is 9.80. The second-order valence-electron chi connectivity index (χ2n) is 11.1. The normalized spacial score (nSPS) is 14.1. The quantitative estimate of drug-likeness (QED) is 0.168. The van der Waals surface area contributed by atoms with Crippen LogP contribution in [-0.2, 0) is 10.6 Å². The highest BCUT2D eigenvalue weighted by Crippen LogP contribution is 2.52. The van der Waals surface area contributed by atoms with Crippen LogP contribution in [0.4, 0.5) is 5.69 Å². The molecule has 2 nitrogen and oxygen atoms in total. The molecule has 0 saturated heterocycles. The summed E-state index contributed by atoms with van der Waals surface area (Å²) in [6.45, 7) is 15.5. The number of nitrogens with zero attached hydrogens (tertiary/aromatic N) is 1. The molecule has 0 aliphatic carbocycles. The maximum atomic E-state index is 11.4. The Hall–Kier alpha value is -2.44. The molecular formula is C33H44NOP. The fraction of sp³-hybridized carbons (Fsp3) is 0.424. The van der Waals surface area contributed by atoms with Crippen molar-refractivity contribution in [1.29, 1.82) is 0 Å². The Kier molecular flexibility index (Phi) is 9.53. The van der Waals surface area contributed by atoms with Gasteiger partial charge in [0, 0.05) is 22.5 Å². The topological polar surface area (TPSA) is 32.6 Å². The van der Waals surface area contributed by atoms with Crippen LogP contribution in [-0.4, -0.2) is 11.3 Å². The molecule has 0 saturated carbocycles. The van der Waals surface area contributed by atoms with Crippen molar-refractivity contribution in [3.63, 3.8) is 0 Å². The molecule has 0 aliphatic rings. The average Bonchev–Trinajstić information content (AvgIpc) is 2.85. The number of hydrogen-bond donors (Lipinski definition) is 1. The summed E-state index contributed by atoms with van der Waals surface area (Å²) >= 11 is 0. The van der Waals surface area contributed by atoms with Gasteiger partial charge >= 0.3 is 0 Å². The van der Waals surface area contributed by atoms with Crippen LogP contribution in [0, 0.1) is 13.8 Å². The Labute approximate surface area is 221 Å². The van der Waals surface area contributed by atoms with Gasteiger partial charge in [-0.05, 0) is 66.7 Å². The minimum atomic E-state index is -0.115. The second-order valence-corrected chi connectivity index (χ2v) is 12.9. The summed E-state index contributed by atoms with van der Waals surface area (Å²) in [4.78, 5) is 4.79. The van der Waals surface area contributed by atoms with Gasteiger partial charge in [-0.1, -0.05) is 110 Å². The van der Waals surface area contributed by atoms with E-state index < -0.39 is 0 Å². The van der Waals surface area contributed by atoms with Crippen molar-refractivity contribution < 1.29 is 5.11 Å². The Bertz CT molecular complexity index is 1180. The number of para-hydroxylation sites is 1. The van der Waals surface area contributed by atoms with E-state index in [0.29, 0.717) is 14.3 Å². The summed E-state index contributed by atoms with van der Waals surface area (Å²) in [5.74, 6) is 0.473. The molecule has 192 valence electrons. The van der Waals surface area contributed by atoms with E-state index in [4.69, 9.17) is 4.99 Å². The third-order valence-corrected chi connectivity index (χ3v) is 9.26. The monoisotopic (exact) mass is 501 g/mol. The molecule has 36 heavy (non-hydrogen) atoms. The number of hydrogen-bond acceptors (Lipinski definition) is 2. The van der Waals surface area contributed by atoms with Gasteiger partial charge < -0.3 is 5.11 Å². The van der Waals surface area contributed by atoms with E-state index in [-0.39, 0.29) is 10.6 Å². The molecular weight excluding hydrogens is 457 g/mol. The maximum Gasteiger partial charge on any atom is 0.122 e. The molecule has 0 aliphatic heterocycles. The number of rotatable bonds is 10. The Balaban J connectivity index is 2.14. The van der Waals surface area contributed by atoms with Crippen LogP contribution < -0.4 is 5.30 Å². The Morgan fingerprint density at radius 3 is 2.28 bits per heavy atom. The first kappa shape index (κ1) is 28.1. The summed E-state index contributed by atoms with van der Waals surface area (Å²) in [5, 5.41) is 12.6. The van der Waals surface area contributed by atoms with Crippen molar-refractivity contribution in [2.24, 2.45) is 4.99 Å². The van der Waals surface area contributed by atoms with Gasteiger partial charge in [0.25, 0.3) is 0 Å². The van der Waals surface area contributed by atoms with Crippen molar-refractivity contribution in [1.82, 2.24) is 0 Å². The van der Waals surface area contributed by atoms with Crippen LogP contribution in [0.2, 0.25) is 0 Å². The zero-order chi connectivity index (χ0) is 26.3. The second kappa shape index (κ2) is 12.2. The van der Waals surface area contributed by atoms with Gasteiger partial charge in [0.15, 0.2) is 0 Å². The molecule has 1 N–H and O–H groups in total. The molecule has 0 radical (unpaired) electrons. The van der Waals surface area contributed by atoms with Crippen LogP contribution >= 0.6 is 8.58 Å². The van der Waals surface area contributed by atoms with Crippen molar-refractivity contribution in [3.8, 4) is 5.75 Å². The molecule has 0 heterocycles. The fourth-order valence-electron chi connectivity index (χ4n) is 4.79. The first-order chi connectivity index (χ1) is 17.1. The zero-order valence-corrected chi connectivity index (χ0v) is 24.3. The third kappa shape index (κ3) is 6.86. The predicted molar refractivity (Wildman–Crippen MR) is 160 cm³/mol. The number of phenolic OH excluding ortho intramolecular Hbond substituents is 1. The maximum absolute atomic E-state index is 11.4. The van der Waals surface area contributed by atoms with Crippen LogP contribution in [0.3, 0.4) is 0 Å². The highest BCUT2D eigenvalue weighted by atomic mass is 31.1. The molecule has 3 aromatic carbocycles. The van der Waals surface area contributed by atoms with Gasteiger partial charge in [-0.25, -0.2) is 0 Å². The molecule has 0 bridgehead atoms. The highest BCUT2D eigenvalue weighted by Gasteiger charge is 2.35. The summed E-state index contributed by atoms with van der Waals surface area (Å²) in [5.41, 5.74) is 6.79. The summed E-state index contributed by atoms with van der Waals surface area (Å²) < 4.78 is 0. The van der Waals surface area contributed by atoms with Gasteiger partial charge in [0.05, 0.1) is 5.69 Å². The van der Waals surface area contributed by atoms with Gasteiger partial charge in [0.2, 0.25) is 0 Å². The Morgan fingerprint density at radius 2 is 1.64 bits per heavy atom. The summed E-state index contributed by atoms with van der Waals surface area (Å²) in [6.07, 6.45) is 7.64. The standard InChI is InChI=1S/C33H44NOP/c1-8-10-14-19-33(9-2,29-22-27(32(5,6)7)21-25(4)31(29)35)36-30-18-17-24(3)20-26(30)23-34-28-15-12-11-13-16-28/h11-13,15-18,20-23,35-36H,8-10,14,19H2,1-7H3. The molecule has 3 aromatic rings. The summed E-state index contributed by atoms with van der Waals surface area (Å²) in [7, 11) is 0.539. The van der Waals surface area contributed by atoms with Crippen molar-refractivity contribution >= 4 is 25.8 Å². The van der Waals surface area contributed by atoms with Gasteiger partial charge in [-0.15, -0.1) is 0 Å². The number of phenols is 1. The van der Waals surface area contributed by atoms with Crippen LogP contribution in [0.25, 0.3) is 0 Å². The lowest BCUT2D eigenvalue weighted by molar-refractivity contribution is 0.431. The number of benzene rings is 3. The molecule has 0 aromatic heterocycles. The van der Waals surface area contributed by atoms with E-state index in [1.807, 2.05) is 43.5 Å². The van der Waals surface area contributed by atoms with E-state index in [1.54, 1.807) is 0 Å². The number of aromatic hydroxyl groups is 1. The first-order valence-electron chi connectivity index (χ1n) is 13.4. The predicted octanol–water partition coefficient (Wildman–Crippen LogP) is 9.25. The van der Waals surface area contributed by atoms with Crippen LogP contribution in [0.1, 0.15) is 94.5 Å². The van der Waals surface area contributed by atoms with E-state index in [9.17, 15) is 5.11 Å². The van der Waals surface area contributed by atoms with Crippen molar-refractivity contribution in [2.75, 3.05) is 0 Å². The molecule has 2 atom stereocenters. The molecule has 0 spiro atoms. The van der Waals surface area contributed by atoms with Gasteiger partial charge in [0.1, 0.15) is 5.75 Å². The largest absolute Gasteiger partial charge is 0.507 e. The minimum Gasteiger partial charge on any atom is -0.507 e. The molecule has 0 fully saturated rings. The lowest BCUT2D eigenvalue weighted by Gasteiger charge is -2.37. The van der Waals surface area contributed by atoms with Crippen molar-refractivity contribution in [3.05, 3.63) is 88.5 Å². The lowest BCUT2D eigenvalue weighted by Crippen LogP contribution is -2.25. The van der Waals surface area contributed by atoms with E-state index in [1.165, 1.54) is 34.8 Å². The van der Waals surface area contributed by atoms with Crippen molar-refractivity contribution in [2.45, 2.75) is 91.1 Å². The van der Waals surface area contributed by atoms with Gasteiger partial charge in [-0.2, -0.15) is 0 Å². The highest BCUT2D eigenvalue weighted by molar-refractivity contribution is 7.48. The number of unbranched alkanes of at least 4 members (excludes halogenated alkanes) is 2. The van der Waals surface area contributed by atoms with E-state index in [0.717, 1.165) is 36.1 Å². The van der Waals surface area contributed by atoms with Crippen LogP contribution in [0.15, 0.2) is 65.7 Å². The summed E-state index contributed by atoms with van der Waals surface area (Å²) in [6, 6.07) is 21.3. The molecule has 3 heteroatoms. The SMILES string of the molecule is CCCCCC(CC)(Pc1ccc(C)cc1C=Nc1ccccc1)c1cc(C(C)(C)C)cc(C)c1O. The molecule has 3 rings (SSSR count). The number of aryl methyl sites for hydroxylation is 2. The number of aliphatic imine (C=N–C) groups is 1. The third-order valence-electron chi connectivity index (χ3n) is 7.18. The minimum absolute atomic E-state index is 0.0244. The van der Waals surface area contributed by atoms with Crippen LogP contribution in [0.5, 0.6) is 5.75 Å². The first-order valence-corrected chi connectivity index (χ1v) is 14.4. The average molecular weight is 502 g/mol. The smallest absolute Gasteiger partial charge is 0.122 e.